The Morgan fingerprint density at radius 1 is 1.20 bits per heavy atom. The highest BCUT2D eigenvalue weighted by atomic mass is 32.2. The van der Waals surface area contributed by atoms with E-state index in [-0.39, 0.29) is 15.6 Å². The largest absolute Gasteiger partial charge is 0.495 e. The second-order valence-electron chi connectivity index (χ2n) is 5.35. The number of methoxy groups -OCH3 is 1. The summed E-state index contributed by atoms with van der Waals surface area (Å²) < 4.78 is 10.7. The Morgan fingerprint density at radius 2 is 2.00 bits per heavy atom. The molecule has 0 saturated heterocycles. The molecule has 2 N–H and O–H groups in total. The zero-order valence-electron chi connectivity index (χ0n) is 13.1. The van der Waals surface area contributed by atoms with Crippen LogP contribution in [-0.4, -0.2) is 24.1 Å². The van der Waals surface area contributed by atoms with Gasteiger partial charge >= 0.3 is 0 Å². The average molecular weight is 355 g/mol. The van der Waals surface area contributed by atoms with E-state index >= 15 is 0 Å². The van der Waals surface area contributed by atoms with Crippen molar-refractivity contribution in [2.75, 3.05) is 12.0 Å². The van der Waals surface area contributed by atoms with Crippen molar-refractivity contribution in [3.63, 3.8) is 0 Å². The van der Waals surface area contributed by atoms with Gasteiger partial charge in [-0.05, 0) is 36.0 Å². The van der Waals surface area contributed by atoms with Gasteiger partial charge in [0.1, 0.15) is 17.6 Å². The molecule has 2 aliphatic heterocycles. The Labute approximate surface area is 147 Å². The van der Waals surface area contributed by atoms with Gasteiger partial charge in [0, 0.05) is 0 Å². The molecule has 0 bridgehead atoms. The molecule has 0 aliphatic carbocycles. The summed E-state index contributed by atoms with van der Waals surface area (Å²) in [7, 11) is 1.48. The second kappa shape index (κ2) is 5.82. The summed E-state index contributed by atoms with van der Waals surface area (Å²) in [5.74, 6) is -0.00480. The van der Waals surface area contributed by atoms with Crippen LogP contribution in [0.2, 0.25) is 0 Å². The van der Waals surface area contributed by atoms with Crippen LogP contribution in [0.25, 0.3) is 0 Å². The zero-order valence-corrected chi connectivity index (χ0v) is 13.9. The number of benzene rings is 1. The monoisotopic (exact) mass is 355 g/mol. The number of para-hydroxylation sites is 2. The summed E-state index contributed by atoms with van der Waals surface area (Å²) in [5.41, 5.74) is 6.52. The number of amides is 2. The van der Waals surface area contributed by atoms with E-state index in [1.807, 2.05) is 0 Å². The number of aliphatic imine (C=N–C) groups is 1. The highest BCUT2D eigenvalue weighted by molar-refractivity contribution is 8.18. The normalized spacial score (nSPS) is 20.0. The summed E-state index contributed by atoms with van der Waals surface area (Å²) in [6.07, 6.45) is 1.49. The van der Waals surface area contributed by atoms with Crippen LogP contribution in [0, 0.1) is 0 Å². The molecule has 0 spiro atoms. The fourth-order valence-corrected chi connectivity index (χ4v) is 3.73. The molecule has 8 heteroatoms. The quantitative estimate of drug-likeness (QED) is 0.848. The predicted molar refractivity (Wildman–Crippen MR) is 93.2 cm³/mol. The molecule has 3 heterocycles. The number of hydrogen-bond donors (Lipinski definition) is 1. The highest BCUT2D eigenvalue weighted by Crippen LogP contribution is 2.45. The van der Waals surface area contributed by atoms with Crippen LogP contribution < -0.4 is 15.4 Å². The van der Waals surface area contributed by atoms with Gasteiger partial charge in [-0.2, -0.15) is 0 Å². The van der Waals surface area contributed by atoms with Gasteiger partial charge in [-0.15, -0.1) is 0 Å². The summed E-state index contributed by atoms with van der Waals surface area (Å²) in [6.45, 7) is 0. The van der Waals surface area contributed by atoms with E-state index in [9.17, 15) is 9.59 Å². The summed E-state index contributed by atoms with van der Waals surface area (Å²) >= 11 is 0.995. The van der Waals surface area contributed by atoms with E-state index in [2.05, 4.69) is 4.99 Å². The van der Waals surface area contributed by atoms with Crippen molar-refractivity contribution in [2.24, 2.45) is 10.7 Å². The highest BCUT2D eigenvalue weighted by Gasteiger charge is 2.47. The molecule has 126 valence electrons. The minimum Gasteiger partial charge on any atom is -0.495 e. The van der Waals surface area contributed by atoms with Gasteiger partial charge in [0.25, 0.3) is 11.8 Å². The first-order valence-electron chi connectivity index (χ1n) is 7.42. The van der Waals surface area contributed by atoms with Crippen LogP contribution in [0.3, 0.4) is 0 Å². The summed E-state index contributed by atoms with van der Waals surface area (Å²) in [5, 5.41) is 0.211. The first kappa shape index (κ1) is 15.5. The van der Waals surface area contributed by atoms with Crippen LogP contribution in [-0.2, 0) is 9.59 Å². The summed E-state index contributed by atoms with van der Waals surface area (Å²) in [4.78, 5) is 31.6. The number of amidine groups is 1. The third-order valence-electron chi connectivity index (χ3n) is 3.95. The molecule has 0 saturated carbocycles. The van der Waals surface area contributed by atoms with Crippen LogP contribution in [0.15, 0.2) is 62.5 Å². The standard InChI is InChI=1S/C17H13N3O4S/c1-23-10-6-3-2-5-9(10)20-15(21)12-13(11-7-4-8-24-11)19-17(18)25-14(12)16(20)22/h2-8,13H,1H3,(H2,18,19)/t13-/m0/s1. The maximum absolute atomic E-state index is 13.1. The summed E-state index contributed by atoms with van der Waals surface area (Å²) in [6, 6.07) is 9.51. The number of furan rings is 1. The Hall–Kier alpha value is -3.00. The minimum absolute atomic E-state index is 0.211. The van der Waals surface area contributed by atoms with Crippen molar-refractivity contribution in [1.82, 2.24) is 0 Å². The molecule has 25 heavy (non-hydrogen) atoms. The number of imide groups is 1. The number of anilines is 1. The molecule has 1 aromatic carbocycles. The minimum atomic E-state index is -0.734. The van der Waals surface area contributed by atoms with E-state index in [1.54, 1.807) is 36.4 Å². The first-order valence-corrected chi connectivity index (χ1v) is 8.24. The number of hydrogen-bond acceptors (Lipinski definition) is 7. The SMILES string of the molecule is COc1ccccc1N1C(=O)C2=C(C1=O)[C@H](c1ccco1)N=C(N)S2. The molecular formula is C17H13N3O4S. The van der Waals surface area contributed by atoms with Crippen LogP contribution in [0.5, 0.6) is 5.75 Å². The van der Waals surface area contributed by atoms with Crippen molar-refractivity contribution in [3.05, 3.63) is 58.9 Å². The number of carbonyl (C=O) groups excluding carboxylic acids is 2. The molecule has 2 aliphatic rings. The molecule has 2 aromatic rings. The van der Waals surface area contributed by atoms with Gasteiger partial charge in [-0.1, -0.05) is 12.1 Å². The van der Waals surface area contributed by atoms with Crippen LogP contribution in [0.1, 0.15) is 11.8 Å². The molecule has 0 unspecified atom stereocenters. The molecule has 0 fully saturated rings. The smallest absolute Gasteiger partial charge is 0.272 e. The lowest BCUT2D eigenvalue weighted by Crippen LogP contribution is -2.32. The van der Waals surface area contributed by atoms with Gasteiger partial charge in [-0.25, -0.2) is 9.89 Å². The van der Waals surface area contributed by atoms with Gasteiger partial charge < -0.3 is 14.9 Å². The van der Waals surface area contributed by atoms with E-state index in [0.29, 0.717) is 17.2 Å². The number of carbonyl (C=O) groups is 2. The average Bonchev–Trinajstić information content (AvgIpc) is 3.23. The Morgan fingerprint density at radius 3 is 2.72 bits per heavy atom. The second-order valence-corrected chi connectivity index (χ2v) is 6.38. The number of ether oxygens (including phenoxy) is 1. The van der Waals surface area contributed by atoms with Gasteiger partial charge in [0.2, 0.25) is 0 Å². The molecule has 1 aromatic heterocycles. The fraction of sp³-hybridized carbons (Fsp3) is 0.118. The maximum atomic E-state index is 13.1. The Kier molecular flexibility index (Phi) is 3.61. The molecule has 2 amide bonds. The van der Waals surface area contributed by atoms with Gasteiger partial charge in [0.05, 0.1) is 29.5 Å². The van der Waals surface area contributed by atoms with Crippen molar-refractivity contribution in [2.45, 2.75) is 6.04 Å². The fourth-order valence-electron chi connectivity index (χ4n) is 2.88. The third-order valence-corrected chi connectivity index (χ3v) is 4.86. The maximum Gasteiger partial charge on any atom is 0.272 e. The number of nitrogens with two attached hydrogens (primary N) is 1. The Balaban J connectivity index is 1.81. The van der Waals surface area contributed by atoms with Gasteiger partial charge in [0.15, 0.2) is 5.17 Å². The first-order chi connectivity index (χ1) is 12.1. The number of rotatable bonds is 3. The topological polar surface area (TPSA) is 98.1 Å². The zero-order chi connectivity index (χ0) is 17.6. The van der Waals surface area contributed by atoms with Crippen molar-refractivity contribution in [3.8, 4) is 5.75 Å². The lowest BCUT2D eigenvalue weighted by Gasteiger charge is -2.18. The lowest BCUT2D eigenvalue weighted by molar-refractivity contribution is -0.120. The lowest BCUT2D eigenvalue weighted by atomic mass is 10.1. The molecule has 7 nitrogen and oxygen atoms in total. The van der Waals surface area contributed by atoms with E-state index in [0.717, 1.165) is 16.7 Å². The number of nitrogens with zero attached hydrogens (tertiary/aromatic N) is 2. The molecular weight excluding hydrogens is 342 g/mol. The third kappa shape index (κ3) is 2.33. The van der Waals surface area contributed by atoms with Crippen LogP contribution >= 0.6 is 11.8 Å². The van der Waals surface area contributed by atoms with Crippen LogP contribution in [0.4, 0.5) is 5.69 Å². The van der Waals surface area contributed by atoms with Crippen molar-refractivity contribution in [1.29, 1.82) is 0 Å². The molecule has 0 radical (unpaired) electrons. The van der Waals surface area contributed by atoms with Crippen molar-refractivity contribution >= 4 is 34.4 Å². The predicted octanol–water partition coefficient (Wildman–Crippen LogP) is 2.22. The van der Waals surface area contributed by atoms with Gasteiger partial charge in [-0.3, -0.25) is 9.59 Å². The molecule has 1 atom stereocenters. The molecule has 4 rings (SSSR count). The van der Waals surface area contributed by atoms with E-state index in [1.165, 1.54) is 13.4 Å². The Bertz CT molecular complexity index is 933. The van der Waals surface area contributed by atoms with E-state index in [4.69, 9.17) is 14.9 Å². The van der Waals surface area contributed by atoms with Crippen molar-refractivity contribution < 1.29 is 18.7 Å². The van der Waals surface area contributed by atoms with E-state index < -0.39 is 17.9 Å². The number of thioether (sulfide) groups is 1.